The van der Waals surface area contributed by atoms with Gasteiger partial charge in [-0.05, 0) is 60.5 Å². The van der Waals surface area contributed by atoms with Crippen LogP contribution in [0.25, 0.3) is 5.70 Å². The summed E-state index contributed by atoms with van der Waals surface area (Å²) in [6.45, 7) is 2.63. The number of rotatable bonds is 6. The normalized spacial score (nSPS) is 14.4. The summed E-state index contributed by atoms with van der Waals surface area (Å²) in [6.07, 6.45) is 3.12. The molecule has 0 atom stereocenters. The van der Waals surface area contributed by atoms with Gasteiger partial charge in [0, 0.05) is 39.8 Å². The fourth-order valence-corrected chi connectivity index (χ4v) is 4.37. The molecule has 3 aromatic carbocycles. The topological polar surface area (TPSA) is 96.2 Å². The van der Waals surface area contributed by atoms with E-state index in [1.807, 2.05) is 48.5 Å². The largest absolute Gasteiger partial charge is 0.385 e. The van der Waals surface area contributed by atoms with Crippen molar-refractivity contribution in [3.05, 3.63) is 100 Å². The van der Waals surface area contributed by atoms with Crippen LogP contribution in [0, 0.1) is 0 Å². The van der Waals surface area contributed by atoms with Crippen molar-refractivity contribution >= 4 is 46.3 Å². The Balaban J connectivity index is 1.31. The number of hydrogen-bond acceptors (Lipinski definition) is 4. The Hall–Kier alpha value is -4.10. The van der Waals surface area contributed by atoms with E-state index in [9.17, 15) is 9.59 Å². The molecule has 35 heavy (non-hydrogen) atoms. The first-order chi connectivity index (χ1) is 17.0. The number of nitrogens with one attached hydrogen (secondary N) is 5. The van der Waals surface area contributed by atoms with Crippen LogP contribution in [0.1, 0.15) is 38.3 Å². The number of carbonyl (C=O) groups is 2. The van der Waals surface area contributed by atoms with E-state index in [1.165, 1.54) is 0 Å². The van der Waals surface area contributed by atoms with Gasteiger partial charge < -0.3 is 16.0 Å². The van der Waals surface area contributed by atoms with Crippen molar-refractivity contribution < 1.29 is 14.6 Å². The Morgan fingerprint density at radius 1 is 0.800 bits per heavy atom. The van der Waals surface area contributed by atoms with Gasteiger partial charge >= 0.3 is 0 Å². The second-order valence-electron chi connectivity index (χ2n) is 8.36. The first-order valence-electron chi connectivity index (χ1n) is 11.5. The molecule has 0 radical (unpaired) electrons. The maximum absolute atomic E-state index is 13.0. The maximum atomic E-state index is 13.0. The molecule has 7 nitrogen and oxygen atoms in total. The molecule has 0 aromatic heterocycles. The van der Waals surface area contributed by atoms with Crippen molar-refractivity contribution in [3.63, 3.8) is 0 Å². The molecule has 5 N–H and O–H groups in total. The quantitative estimate of drug-likeness (QED) is 0.370. The van der Waals surface area contributed by atoms with Crippen molar-refractivity contribution in [2.24, 2.45) is 0 Å². The van der Waals surface area contributed by atoms with E-state index in [0.29, 0.717) is 27.5 Å². The van der Waals surface area contributed by atoms with Crippen molar-refractivity contribution in [2.75, 3.05) is 30.3 Å². The fourth-order valence-electron chi connectivity index (χ4n) is 4.13. The Bertz CT molecular complexity index is 1270. The molecule has 0 bridgehead atoms. The number of halogens is 1. The zero-order valence-electron chi connectivity index (χ0n) is 19.0. The van der Waals surface area contributed by atoms with Gasteiger partial charge in [0.25, 0.3) is 17.6 Å². The molecule has 5 rings (SSSR count). The summed E-state index contributed by atoms with van der Waals surface area (Å²) in [5.41, 5.74) is 4.93. The number of amidine groups is 1. The molecule has 2 aliphatic heterocycles. The minimum Gasteiger partial charge on any atom is -0.385 e. The second kappa shape index (κ2) is 10.0. The molecule has 8 heteroatoms. The predicted molar refractivity (Wildman–Crippen MR) is 139 cm³/mol. The van der Waals surface area contributed by atoms with Gasteiger partial charge in [0.15, 0.2) is 0 Å². The Morgan fingerprint density at radius 2 is 1.46 bits per heavy atom. The fraction of sp³-hybridized carbons (Fsp3) is 0.148. The lowest BCUT2D eigenvalue weighted by molar-refractivity contribution is -0.444. The van der Waals surface area contributed by atoms with Gasteiger partial charge in [-0.25, -0.2) is 0 Å². The third-order valence-electron chi connectivity index (χ3n) is 5.80. The van der Waals surface area contributed by atoms with Gasteiger partial charge in [0.1, 0.15) is 13.1 Å². The lowest BCUT2D eigenvalue weighted by atomic mass is 10.1. The third kappa shape index (κ3) is 5.36. The molecule has 2 aliphatic rings. The molecule has 0 aliphatic carbocycles. The van der Waals surface area contributed by atoms with Gasteiger partial charge in [0.2, 0.25) is 0 Å². The van der Waals surface area contributed by atoms with Crippen LogP contribution in [0.2, 0.25) is 5.02 Å². The van der Waals surface area contributed by atoms with Crippen LogP contribution >= 0.6 is 11.6 Å². The van der Waals surface area contributed by atoms with Crippen molar-refractivity contribution in [1.82, 2.24) is 10.6 Å². The lowest BCUT2D eigenvalue weighted by Gasteiger charge is -2.11. The third-order valence-corrected chi connectivity index (χ3v) is 6.02. The van der Waals surface area contributed by atoms with Gasteiger partial charge in [-0.1, -0.05) is 35.9 Å². The molecule has 2 amide bonds. The number of anilines is 2. The molecule has 176 valence electrons. The summed E-state index contributed by atoms with van der Waals surface area (Å²) in [7, 11) is 0. The Kier molecular flexibility index (Phi) is 6.50. The van der Waals surface area contributed by atoms with E-state index >= 15 is 0 Å². The molecule has 2 heterocycles. The average molecular weight is 487 g/mol. The smallest absolute Gasteiger partial charge is 0.275 e. The molecule has 0 saturated carbocycles. The second-order valence-corrected chi connectivity index (χ2v) is 8.80. The monoisotopic (exact) mass is 486 g/mol. The summed E-state index contributed by atoms with van der Waals surface area (Å²) < 4.78 is 0. The average Bonchev–Trinajstić information content (AvgIpc) is 3.59. The van der Waals surface area contributed by atoms with Gasteiger partial charge in [-0.3, -0.25) is 19.9 Å². The highest BCUT2D eigenvalue weighted by atomic mass is 35.5. The van der Waals surface area contributed by atoms with Crippen molar-refractivity contribution in [1.29, 1.82) is 0 Å². The molecule has 0 unspecified atom stereocenters. The first kappa shape index (κ1) is 22.7. The van der Waals surface area contributed by atoms with E-state index in [2.05, 4.69) is 32.3 Å². The zero-order chi connectivity index (χ0) is 24.2. The van der Waals surface area contributed by atoms with Gasteiger partial charge in [0.05, 0.1) is 5.56 Å². The van der Waals surface area contributed by atoms with E-state index in [0.717, 1.165) is 48.7 Å². The highest BCUT2D eigenvalue weighted by Crippen LogP contribution is 2.22. The number of benzene rings is 3. The van der Waals surface area contributed by atoms with Crippen molar-refractivity contribution in [3.8, 4) is 0 Å². The molecule has 0 spiro atoms. The first-order valence-corrected chi connectivity index (χ1v) is 11.9. The predicted octanol–water partition coefficient (Wildman–Crippen LogP) is 2.61. The number of carbonyl (C=O) groups excluding carboxylic acids is 2. The lowest BCUT2D eigenvalue weighted by Crippen LogP contribution is -2.70. The summed E-state index contributed by atoms with van der Waals surface area (Å²) in [5.74, 6) is 0.244. The van der Waals surface area contributed by atoms with Crippen molar-refractivity contribution in [2.45, 2.75) is 6.42 Å². The minimum absolute atomic E-state index is 0.298. The van der Waals surface area contributed by atoms with Gasteiger partial charge in [-0.15, -0.1) is 0 Å². The van der Waals surface area contributed by atoms with Crippen LogP contribution in [0.15, 0.2) is 72.8 Å². The SMILES string of the molecule is O=C(Nc1cccc(C2=CCCN2)c1)c1cc(Cl)cc(C(=O)Nc2cccc(C3=[NH+]CCN3)c2)c1. The van der Waals surface area contributed by atoms with E-state index in [-0.39, 0.29) is 11.8 Å². The Morgan fingerprint density at radius 3 is 2.06 bits per heavy atom. The van der Waals surface area contributed by atoms with Crippen LogP contribution in [0.5, 0.6) is 0 Å². The van der Waals surface area contributed by atoms with Crippen LogP contribution < -0.4 is 26.3 Å². The van der Waals surface area contributed by atoms with Crippen LogP contribution in [-0.2, 0) is 0 Å². The summed E-state index contributed by atoms with van der Waals surface area (Å²) in [5, 5.41) is 12.7. The number of amides is 2. The standard InChI is InChI=1S/C27H24ClN5O2/c28-21-13-19(26(34)32-22-6-1-4-17(15-22)24-8-3-9-29-24)12-20(14-21)27(35)33-23-7-2-5-18(16-23)25-30-10-11-31-25/h1-2,4-8,12-16,29H,3,9-11H2,(H,30,31)(H,32,34)(H,33,35)/p+1. The van der Waals surface area contributed by atoms with E-state index in [4.69, 9.17) is 11.6 Å². The molecular formula is C27H25ClN5O2+. The summed E-state index contributed by atoms with van der Waals surface area (Å²) in [4.78, 5) is 29.2. The molecule has 0 fully saturated rings. The van der Waals surface area contributed by atoms with Gasteiger partial charge in [-0.2, -0.15) is 0 Å². The van der Waals surface area contributed by atoms with Crippen LogP contribution in [0.3, 0.4) is 0 Å². The number of hydrogen-bond donors (Lipinski definition) is 5. The molecular weight excluding hydrogens is 462 g/mol. The van der Waals surface area contributed by atoms with E-state index in [1.54, 1.807) is 18.2 Å². The maximum Gasteiger partial charge on any atom is 0.275 e. The van der Waals surface area contributed by atoms with E-state index < -0.39 is 0 Å². The zero-order valence-corrected chi connectivity index (χ0v) is 19.7. The summed E-state index contributed by atoms with van der Waals surface area (Å²) in [6, 6.07) is 19.8. The van der Waals surface area contributed by atoms with Crippen LogP contribution in [-0.4, -0.2) is 37.3 Å². The summed E-state index contributed by atoms with van der Waals surface area (Å²) >= 11 is 6.27. The molecule has 3 aromatic rings. The Labute approximate surface area is 208 Å². The highest BCUT2D eigenvalue weighted by molar-refractivity contribution is 6.31. The van der Waals surface area contributed by atoms with Crippen LogP contribution in [0.4, 0.5) is 11.4 Å². The molecule has 0 saturated heterocycles. The minimum atomic E-state index is -0.350. The highest BCUT2D eigenvalue weighted by Gasteiger charge is 2.17.